The second-order valence-corrected chi connectivity index (χ2v) is 5.61. The standard InChI is InChI=1S/C15H19ClN2O2/c1-4-13-15(20)18(10(3)14(19)17-13)8-11-6-5-9(2)7-12(11)16/h5-7,10,13H,4,8H2,1-3H3,(H,17,19). The lowest BCUT2D eigenvalue weighted by molar-refractivity contribution is -0.149. The summed E-state index contributed by atoms with van der Waals surface area (Å²) in [5, 5.41) is 3.37. The number of hydrogen-bond acceptors (Lipinski definition) is 2. The molecule has 1 heterocycles. The summed E-state index contributed by atoms with van der Waals surface area (Å²) in [6.07, 6.45) is 0.593. The third kappa shape index (κ3) is 2.80. The summed E-state index contributed by atoms with van der Waals surface area (Å²) in [6.45, 7) is 5.95. The number of hydrogen-bond donors (Lipinski definition) is 1. The van der Waals surface area contributed by atoms with Crippen LogP contribution in [0.25, 0.3) is 0 Å². The van der Waals surface area contributed by atoms with Crippen molar-refractivity contribution in [3.8, 4) is 0 Å². The highest BCUT2D eigenvalue weighted by Crippen LogP contribution is 2.22. The summed E-state index contributed by atoms with van der Waals surface area (Å²) in [6, 6.07) is 4.83. The number of rotatable bonds is 3. The van der Waals surface area contributed by atoms with Crippen LogP contribution in [0.5, 0.6) is 0 Å². The van der Waals surface area contributed by atoms with Crippen LogP contribution < -0.4 is 5.32 Å². The van der Waals surface area contributed by atoms with Gasteiger partial charge in [-0.25, -0.2) is 0 Å². The summed E-state index contributed by atoms with van der Waals surface area (Å²) < 4.78 is 0. The van der Waals surface area contributed by atoms with Crippen molar-refractivity contribution in [2.75, 3.05) is 0 Å². The van der Waals surface area contributed by atoms with E-state index in [9.17, 15) is 9.59 Å². The first kappa shape index (κ1) is 14.9. The molecule has 1 N–H and O–H groups in total. The fraction of sp³-hybridized carbons (Fsp3) is 0.467. The molecule has 2 atom stereocenters. The number of carbonyl (C=O) groups is 2. The summed E-state index contributed by atoms with van der Waals surface area (Å²) in [7, 11) is 0. The van der Waals surface area contributed by atoms with Crippen LogP contribution in [0, 0.1) is 6.92 Å². The molecule has 2 rings (SSSR count). The molecule has 4 nitrogen and oxygen atoms in total. The average molecular weight is 295 g/mol. The lowest BCUT2D eigenvalue weighted by atomic mass is 10.0. The molecule has 2 unspecified atom stereocenters. The molecule has 108 valence electrons. The molecule has 0 bridgehead atoms. The molecule has 1 aromatic rings. The molecule has 2 amide bonds. The van der Waals surface area contributed by atoms with Gasteiger partial charge in [0, 0.05) is 11.6 Å². The number of halogens is 1. The molecule has 1 aromatic carbocycles. The number of benzene rings is 1. The molecule has 1 aliphatic rings. The molecular weight excluding hydrogens is 276 g/mol. The van der Waals surface area contributed by atoms with Crippen molar-refractivity contribution in [2.24, 2.45) is 0 Å². The Morgan fingerprint density at radius 3 is 2.65 bits per heavy atom. The maximum atomic E-state index is 12.4. The first-order valence-corrected chi connectivity index (χ1v) is 7.17. The maximum Gasteiger partial charge on any atom is 0.246 e. The van der Waals surface area contributed by atoms with Crippen LogP contribution in [0.2, 0.25) is 5.02 Å². The monoisotopic (exact) mass is 294 g/mol. The molecule has 0 aromatic heterocycles. The van der Waals surface area contributed by atoms with Gasteiger partial charge < -0.3 is 10.2 Å². The second-order valence-electron chi connectivity index (χ2n) is 5.21. The molecular formula is C15H19ClN2O2. The third-order valence-electron chi connectivity index (χ3n) is 3.70. The zero-order valence-electron chi connectivity index (χ0n) is 11.9. The van der Waals surface area contributed by atoms with Gasteiger partial charge >= 0.3 is 0 Å². The predicted octanol–water partition coefficient (Wildman–Crippen LogP) is 2.27. The lowest BCUT2D eigenvalue weighted by Crippen LogP contribution is -2.61. The van der Waals surface area contributed by atoms with E-state index in [0.29, 0.717) is 18.0 Å². The highest BCUT2D eigenvalue weighted by Gasteiger charge is 2.37. The number of nitrogens with zero attached hydrogens (tertiary/aromatic N) is 1. The third-order valence-corrected chi connectivity index (χ3v) is 4.05. The van der Waals surface area contributed by atoms with Crippen LogP contribution in [-0.4, -0.2) is 28.8 Å². The fourth-order valence-electron chi connectivity index (χ4n) is 2.34. The van der Waals surface area contributed by atoms with Gasteiger partial charge in [-0.3, -0.25) is 9.59 Å². The number of amides is 2. The summed E-state index contributed by atoms with van der Waals surface area (Å²) in [5.41, 5.74) is 1.93. The SMILES string of the molecule is CCC1NC(=O)C(C)N(Cc2ccc(C)cc2Cl)C1=O. The van der Waals surface area contributed by atoms with Crippen molar-refractivity contribution < 1.29 is 9.59 Å². The quantitative estimate of drug-likeness (QED) is 0.930. The molecule has 5 heteroatoms. The van der Waals surface area contributed by atoms with E-state index in [0.717, 1.165) is 11.1 Å². The van der Waals surface area contributed by atoms with E-state index >= 15 is 0 Å². The Labute approximate surface area is 124 Å². The topological polar surface area (TPSA) is 49.4 Å². The van der Waals surface area contributed by atoms with Crippen LogP contribution in [-0.2, 0) is 16.1 Å². The van der Waals surface area contributed by atoms with Gasteiger partial charge in [-0.2, -0.15) is 0 Å². The molecule has 0 saturated carbocycles. The van der Waals surface area contributed by atoms with Crippen LogP contribution in [0.4, 0.5) is 0 Å². The number of piperazine rings is 1. The zero-order chi connectivity index (χ0) is 14.9. The van der Waals surface area contributed by atoms with Crippen molar-refractivity contribution in [3.05, 3.63) is 34.3 Å². The fourth-order valence-corrected chi connectivity index (χ4v) is 2.64. The van der Waals surface area contributed by atoms with Crippen LogP contribution in [0.3, 0.4) is 0 Å². The summed E-state index contributed by atoms with van der Waals surface area (Å²) in [4.78, 5) is 25.9. The Morgan fingerprint density at radius 1 is 1.35 bits per heavy atom. The number of nitrogens with one attached hydrogen (secondary N) is 1. The van der Waals surface area contributed by atoms with Crippen LogP contribution in [0.1, 0.15) is 31.4 Å². The largest absolute Gasteiger partial charge is 0.343 e. The summed E-state index contributed by atoms with van der Waals surface area (Å²) in [5.74, 6) is -0.157. The van der Waals surface area contributed by atoms with Gasteiger partial charge in [-0.05, 0) is 37.5 Å². The maximum absolute atomic E-state index is 12.4. The zero-order valence-corrected chi connectivity index (χ0v) is 12.7. The predicted molar refractivity (Wildman–Crippen MR) is 78.4 cm³/mol. The Kier molecular flexibility index (Phi) is 4.33. The Hall–Kier alpha value is -1.55. The van der Waals surface area contributed by atoms with E-state index in [1.165, 1.54) is 0 Å². The normalized spacial score (nSPS) is 22.9. The Balaban J connectivity index is 2.25. The van der Waals surface area contributed by atoms with Crippen molar-refractivity contribution in [3.63, 3.8) is 0 Å². The van der Waals surface area contributed by atoms with Crippen LogP contribution in [0.15, 0.2) is 18.2 Å². The smallest absolute Gasteiger partial charge is 0.246 e. The van der Waals surface area contributed by atoms with Crippen molar-refractivity contribution in [1.29, 1.82) is 0 Å². The van der Waals surface area contributed by atoms with E-state index in [1.807, 2.05) is 32.0 Å². The minimum absolute atomic E-state index is 0.0451. The van der Waals surface area contributed by atoms with Gasteiger partial charge in [-0.15, -0.1) is 0 Å². The average Bonchev–Trinajstić information content (AvgIpc) is 2.41. The van der Waals surface area contributed by atoms with E-state index in [1.54, 1.807) is 11.8 Å². The molecule has 1 saturated heterocycles. The first-order valence-electron chi connectivity index (χ1n) is 6.80. The Bertz CT molecular complexity index is 545. The van der Waals surface area contributed by atoms with Crippen molar-refractivity contribution >= 4 is 23.4 Å². The second kappa shape index (κ2) is 5.83. The minimum Gasteiger partial charge on any atom is -0.343 e. The van der Waals surface area contributed by atoms with Gasteiger partial charge in [-0.1, -0.05) is 30.7 Å². The number of aryl methyl sites for hydroxylation is 1. The Morgan fingerprint density at radius 2 is 2.05 bits per heavy atom. The van der Waals surface area contributed by atoms with Crippen molar-refractivity contribution in [2.45, 2.75) is 45.8 Å². The van der Waals surface area contributed by atoms with E-state index in [-0.39, 0.29) is 11.8 Å². The molecule has 20 heavy (non-hydrogen) atoms. The van der Waals surface area contributed by atoms with E-state index < -0.39 is 12.1 Å². The molecule has 0 aliphatic carbocycles. The highest BCUT2D eigenvalue weighted by molar-refractivity contribution is 6.31. The molecule has 0 spiro atoms. The number of carbonyl (C=O) groups excluding carboxylic acids is 2. The van der Waals surface area contributed by atoms with Gasteiger partial charge in [0.05, 0.1) is 0 Å². The molecule has 1 aliphatic heterocycles. The van der Waals surface area contributed by atoms with E-state index in [4.69, 9.17) is 11.6 Å². The first-order chi connectivity index (χ1) is 9.43. The lowest BCUT2D eigenvalue weighted by Gasteiger charge is -2.37. The van der Waals surface area contributed by atoms with Gasteiger partial charge in [0.2, 0.25) is 11.8 Å². The summed E-state index contributed by atoms with van der Waals surface area (Å²) >= 11 is 6.21. The molecule has 0 radical (unpaired) electrons. The molecule has 1 fully saturated rings. The van der Waals surface area contributed by atoms with Gasteiger partial charge in [0.1, 0.15) is 12.1 Å². The van der Waals surface area contributed by atoms with Crippen molar-refractivity contribution in [1.82, 2.24) is 10.2 Å². The highest BCUT2D eigenvalue weighted by atomic mass is 35.5. The minimum atomic E-state index is -0.470. The van der Waals surface area contributed by atoms with Crippen LogP contribution >= 0.6 is 11.6 Å². The van der Waals surface area contributed by atoms with Gasteiger partial charge in [0.15, 0.2) is 0 Å². The van der Waals surface area contributed by atoms with Gasteiger partial charge in [0.25, 0.3) is 0 Å². The van der Waals surface area contributed by atoms with E-state index in [2.05, 4.69) is 5.32 Å².